The van der Waals surface area contributed by atoms with Crippen LogP contribution in [0.1, 0.15) is 0 Å². The number of hydrogen-bond donors (Lipinski definition) is 3. The lowest BCUT2D eigenvalue weighted by Crippen LogP contribution is -2.05. The normalized spacial score (nSPS) is 9.67. The van der Waals surface area contributed by atoms with Gasteiger partial charge in [0, 0.05) is 0 Å². The van der Waals surface area contributed by atoms with Gasteiger partial charge in [0.1, 0.15) is 23.4 Å². The molecule has 0 radical (unpaired) electrons. The summed E-state index contributed by atoms with van der Waals surface area (Å²) >= 11 is 0. The second-order valence-electron chi connectivity index (χ2n) is 2.11. The van der Waals surface area contributed by atoms with Crippen molar-refractivity contribution in [1.29, 1.82) is 0 Å². The van der Waals surface area contributed by atoms with Crippen molar-refractivity contribution in [2.45, 2.75) is 0 Å². The topological polar surface area (TPSA) is 134 Å². The molecule has 0 fully saturated rings. The van der Waals surface area contributed by atoms with Gasteiger partial charge in [0.05, 0.1) is 4.92 Å². The fourth-order valence-electron chi connectivity index (χ4n) is 0.691. The molecule has 0 saturated carbocycles. The first-order valence-electron chi connectivity index (χ1n) is 2.98. The van der Waals surface area contributed by atoms with E-state index in [2.05, 4.69) is 4.98 Å². The molecule has 7 heteroatoms. The predicted molar refractivity (Wildman–Crippen MR) is 44.1 cm³/mol. The molecule has 6 N–H and O–H groups in total. The van der Waals surface area contributed by atoms with E-state index < -0.39 is 4.92 Å². The zero-order valence-electron chi connectivity index (χ0n) is 6.02. The number of nitro groups is 1. The van der Waals surface area contributed by atoms with Gasteiger partial charge in [-0.1, -0.05) is 0 Å². The van der Waals surface area contributed by atoms with E-state index in [-0.39, 0.29) is 22.9 Å². The van der Waals surface area contributed by atoms with Crippen molar-refractivity contribution >= 4 is 22.9 Å². The quantitative estimate of drug-likeness (QED) is 0.391. The Morgan fingerprint density at radius 1 is 1.33 bits per heavy atom. The Balaban J connectivity index is 3.36. The number of pyridine rings is 1. The molecule has 0 spiro atoms. The molecule has 0 aliphatic carbocycles. The first kappa shape index (κ1) is 8.05. The Bertz CT molecular complexity index is 337. The number of hydrogen-bond acceptors (Lipinski definition) is 6. The molecule has 0 aliphatic rings. The Morgan fingerprint density at radius 3 is 2.42 bits per heavy atom. The molecule has 7 nitrogen and oxygen atoms in total. The van der Waals surface area contributed by atoms with Crippen LogP contribution in [-0.2, 0) is 0 Å². The van der Waals surface area contributed by atoms with Crippen LogP contribution in [0.15, 0.2) is 6.20 Å². The average molecular weight is 169 g/mol. The van der Waals surface area contributed by atoms with E-state index in [4.69, 9.17) is 17.2 Å². The van der Waals surface area contributed by atoms with Crippen molar-refractivity contribution in [2.24, 2.45) is 0 Å². The highest BCUT2D eigenvalue weighted by Gasteiger charge is 2.15. The van der Waals surface area contributed by atoms with E-state index in [1.807, 2.05) is 0 Å². The van der Waals surface area contributed by atoms with Crippen LogP contribution in [0.5, 0.6) is 0 Å². The maximum Gasteiger partial charge on any atom is 0.312 e. The summed E-state index contributed by atoms with van der Waals surface area (Å²) in [6.45, 7) is 0. The van der Waals surface area contributed by atoms with Crippen molar-refractivity contribution < 1.29 is 4.92 Å². The van der Waals surface area contributed by atoms with Gasteiger partial charge in [-0.25, -0.2) is 4.98 Å². The van der Waals surface area contributed by atoms with E-state index in [0.29, 0.717) is 0 Å². The van der Waals surface area contributed by atoms with Gasteiger partial charge in [0.25, 0.3) is 0 Å². The van der Waals surface area contributed by atoms with Gasteiger partial charge in [0.15, 0.2) is 0 Å². The molecule has 1 heterocycles. The van der Waals surface area contributed by atoms with Crippen LogP contribution in [0.4, 0.5) is 22.9 Å². The molecule has 0 aliphatic heterocycles. The number of nitrogens with two attached hydrogens (primary N) is 3. The maximum absolute atomic E-state index is 10.3. The van der Waals surface area contributed by atoms with Gasteiger partial charge in [-0.2, -0.15) is 0 Å². The van der Waals surface area contributed by atoms with Crippen LogP contribution in [0.2, 0.25) is 0 Å². The molecule has 0 aromatic carbocycles. The smallest absolute Gasteiger partial charge is 0.312 e. The molecule has 1 aromatic rings. The third-order valence-electron chi connectivity index (χ3n) is 1.36. The fourth-order valence-corrected chi connectivity index (χ4v) is 0.691. The van der Waals surface area contributed by atoms with Gasteiger partial charge in [-0.3, -0.25) is 10.1 Å². The summed E-state index contributed by atoms with van der Waals surface area (Å²) in [5.74, 6) is -0.00176. The lowest BCUT2D eigenvalue weighted by atomic mass is 10.3. The van der Waals surface area contributed by atoms with E-state index in [1.54, 1.807) is 0 Å². The zero-order valence-corrected chi connectivity index (χ0v) is 6.02. The van der Waals surface area contributed by atoms with E-state index in [1.165, 1.54) is 0 Å². The van der Waals surface area contributed by atoms with E-state index in [0.717, 1.165) is 6.20 Å². The standard InChI is InChI=1S/C5H7N5O2/c6-3-2(10(11)12)1-9-5(8)4(3)7/h1H,7H2,(H4,6,8,9). The Kier molecular flexibility index (Phi) is 1.70. The van der Waals surface area contributed by atoms with Crippen molar-refractivity contribution in [2.75, 3.05) is 17.2 Å². The number of aromatic nitrogens is 1. The second kappa shape index (κ2) is 2.53. The van der Waals surface area contributed by atoms with Crippen LogP contribution in [0, 0.1) is 10.1 Å². The lowest BCUT2D eigenvalue weighted by molar-refractivity contribution is -0.384. The average Bonchev–Trinajstić information content (AvgIpc) is 2.00. The predicted octanol–water partition coefficient (Wildman–Crippen LogP) is -0.264. The molecule has 1 aromatic heterocycles. The summed E-state index contributed by atoms with van der Waals surface area (Å²) < 4.78 is 0. The van der Waals surface area contributed by atoms with Crippen LogP contribution >= 0.6 is 0 Å². The number of anilines is 3. The highest BCUT2D eigenvalue weighted by Crippen LogP contribution is 2.29. The van der Waals surface area contributed by atoms with E-state index >= 15 is 0 Å². The van der Waals surface area contributed by atoms with Crippen LogP contribution in [-0.4, -0.2) is 9.91 Å². The SMILES string of the molecule is Nc1ncc([N+](=O)[O-])c(N)c1N. The minimum atomic E-state index is -0.669. The summed E-state index contributed by atoms with van der Waals surface area (Å²) in [4.78, 5) is 13.1. The Morgan fingerprint density at radius 2 is 1.92 bits per heavy atom. The summed E-state index contributed by atoms with van der Waals surface area (Å²) in [6, 6.07) is 0. The van der Waals surface area contributed by atoms with Crippen molar-refractivity contribution in [1.82, 2.24) is 4.98 Å². The van der Waals surface area contributed by atoms with Crippen LogP contribution in [0.3, 0.4) is 0 Å². The lowest BCUT2D eigenvalue weighted by Gasteiger charge is -2.02. The highest BCUT2D eigenvalue weighted by molar-refractivity contribution is 5.80. The molecule has 1 rings (SSSR count). The van der Waals surface area contributed by atoms with Gasteiger partial charge in [0.2, 0.25) is 0 Å². The van der Waals surface area contributed by atoms with Gasteiger partial charge < -0.3 is 17.2 Å². The van der Waals surface area contributed by atoms with Crippen LogP contribution < -0.4 is 17.2 Å². The third kappa shape index (κ3) is 1.07. The minimum absolute atomic E-state index is 0.00176. The van der Waals surface area contributed by atoms with Crippen molar-refractivity contribution in [3.05, 3.63) is 16.3 Å². The fraction of sp³-hybridized carbons (Fsp3) is 0. The highest BCUT2D eigenvalue weighted by atomic mass is 16.6. The molecule has 0 atom stereocenters. The maximum atomic E-state index is 10.3. The second-order valence-corrected chi connectivity index (χ2v) is 2.11. The van der Waals surface area contributed by atoms with Gasteiger partial charge in [-0.15, -0.1) is 0 Å². The summed E-state index contributed by atoms with van der Waals surface area (Å²) in [7, 11) is 0. The van der Waals surface area contributed by atoms with Crippen LogP contribution in [0.25, 0.3) is 0 Å². The van der Waals surface area contributed by atoms with Crippen molar-refractivity contribution in [3.63, 3.8) is 0 Å². The first-order valence-corrected chi connectivity index (χ1v) is 2.98. The molecule has 0 unspecified atom stereocenters. The summed E-state index contributed by atoms with van der Waals surface area (Å²) in [5.41, 5.74) is 15.3. The monoisotopic (exact) mass is 169 g/mol. The number of nitrogens with zero attached hydrogens (tertiary/aromatic N) is 2. The molecule has 64 valence electrons. The zero-order chi connectivity index (χ0) is 9.30. The first-order chi connectivity index (χ1) is 5.54. The number of rotatable bonds is 1. The molecular weight excluding hydrogens is 162 g/mol. The Labute approximate surface area is 67.3 Å². The van der Waals surface area contributed by atoms with E-state index in [9.17, 15) is 10.1 Å². The third-order valence-corrected chi connectivity index (χ3v) is 1.36. The molecule has 0 bridgehead atoms. The molecule has 12 heavy (non-hydrogen) atoms. The molecule has 0 amide bonds. The molecular formula is C5H7N5O2. The summed E-state index contributed by atoms with van der Waals surface area (Å²) in [6.07, 6.45) is 0.973. The Hall–Kier alpha value is -2.05. The van der Waals surface area contributed by atoms with Gasteiger partial charge >= 0.3 is 5.69 Å². The number of nitrogen functional groups attached to an aromatic ring is 3. The van der Waals surface area contributed by atoms with Crippen molar-refractivity contribution in [3.8, 4) is 0 Å². The van der Waals surface area contributed by atoms with Gasteiger partial charge in [-0.05, 0) is 0 Å². The largest absolute Gasteiger partial charge is 0.394 e. The summed E-state index contributed by atoms with van der Waals surface area (Å²) in [5, 5.41) is 10.3. The minimum Gasteiger partial charge on any atom is -0.394 e. The molecule has 0 saturated heterocycles.